The first-order valence-electron chi connectivity index (χ1n) is 5.86. The molecule has 0 saturated carbocycles. The zero-order valence-corrected chi connectivity index (χ0v) is 13.5. The Morgan fingerprint density at radius 2 is 1.95 bits per heavy atom. The summed E-state index contributed by atoms with van der Waals surface area (Å²) < 4.78 is 14.7. The minimum Gasteiger partial charge on any atom is -0.388 e. The van der Waals surface area contributed by atoms with Crippen molar-refractivity contribution in [2.75, 3.05) is 0 Å². The van der Waals surface area contributed by atoms with E-state index in [-0.39, 0.29) is 5.82 Å². The summed E-state index contributed by atoms with van der Waals surface area (Å²) in [6, 6.07) is 10.7. The number of benzene rings is 2. The summed E-state index contributed by atoms with van der Waals surface area (Å²) in [4.78, 5) is 0. The van der Waals surface area contributed by atoms with Gasteiger partial charge in [0, 0.05) is 10.9 Å². The van der Waals surface area contributed by atoms with Gasteiger partial charge in [0.25, 0.3) is 0 Å². The first kappa shape index (κ1) is 14.7. The molecule has 0 bridgehead atoms. The molecule has 4 heteroatoms. The number of aliphatic hydroxyl groups is 1. The molecule has 2 rings (SSSR count). The van der Waals surface area contributed by atoms with E-state index in [1.165, 1.54) is 6.07 Å². The third kappa shape index (κ3) is 3.44. The lowest BCUT2D eigenvalue weighted by molar-refractivity contribution is 0.177. The summed E-state index contributed by atoms with van der Waals surface area (Å²) >= 11 is 6.65. The van der Waals surface area contributed by atoms with Crippen LogP contribution in [0.2, 0.25) is 0 Å². The van der Waals surface area contributed by atoms with E-state index < -0.39 is 6.10 Å². The maximum atomic E-state index is 13.4. The highest BCUT2D eigenvalue weighted by atomic mass is 79.9. The number of hydrogen-bond acceptors (Lipinski definition) is 1. The second-order valence-electron chi connectivity index (χ2n) is 4.46. The van der Waals surface area contributed by atoms with Crippen LogP contribution in [0.4, 0.5) is 4.39 Å². The van der Waals surface area contributed by atoms with Crippen molar-refractivity contribution in [2.45, 2.75) is 19.4 Å². The van der Waals surface area contributed by atoms with Gasteiger partial charge in [-0.1, -0.05) is 45.8 Å². The van der Waals surface area contributed by atoms with Crippen molar-refractivity contribution in [3.63, 3.8) is 0 Å². The van der Waals surface area contributed by atoms with Gasteiger partial charge < -0.3 is 5.11 Å². The maximum Gasteiger partial charge on any atom is 0.137 e. The van der Waals surface area contributed by atoms with Crippen LogP contribution < -0.4 is 0 Å². The molecule has 1 atom stereocenters. The molecule has 0 amide bonds. The SMILES string of the molecule is Cc1ccc(Br)c(C(O)Cc2cccc(F)c2Br)c1. The molecule has 0 fully saturated rings. The fraction of sp³-hybridized carbons (Fsp3) is 0.200. The Morgan fingerprint density at radius 1 is 1.21 bits per heavy atom. The summed E-state index contributed by atoms with van der Waals surface area (Å²) in [6.45, 7) is 1.97. The van der Waals surface area contributed by atoms with Gasteiger partial charge in [-0.2, -0.15) is 0 Å². The highest BCUT2D eigenvalue weighted by molar-refractivity contribution is 9.10. The molecule has 2 aromatic carbocycles. The number of rotatable bonds is 3. The number of aryl methyl sites for hydroxylation is 1. The van der Waals surface area contributed by atoms with E-state index in [4.69, 9.17) is 0 Å². The highest BCUT2D eigenvalue weighted by Gasteiger charge is 2.15. The van der Waals surface area contributed by atoms with Crippen molar-refractivity contribution in [1.82, 2.24) is 0 Å². The second-order valence-corrected chi connectivity index (χ2v) is 6.11. The molecule has 0 aliphatic heterocycles. The van der Waals surface area contributed by atoms with Crippen molar-refractivity contribution in [1.29, 1.82) is 0 Å². The van der Waals surface area contributed by atoms with Gasteiger partial charge in [-0.3, -0.25) is 0 Å². The Bertz CT molecular complexity index is 599. The summed E-state index contributed by atoms with van der Waals surface area (Å²) in [5.74, 6) is -0.312. The first-order valence-corrected chi connectivity index (χ1v) is 7.44. The van der Waals surface area contributed by atoms with E-state index in [0.29, 0.717) is 10.9 Å². The van der Waals surface area contributed by atoms with Gasteiger partial charge in [0.05, 0.1) is 10.6 Å². The average molecular weight is 388 g/mol. The zero-order valence-electron chi connectivity index (χ0n) is 10.3. The Hall–Kier alpha value is -0.710. The third-order valence-corrected chi connectivity index (χ3v) is 4.57. The number of halogens is 3. The van der Waals surface area contributed by atoms with E-state index in [0.717, 1.165) is 21.2 Å². The van der Waals surface area contributed by atoms with Crippen LogP contribution in [0.1, 0.15) is 22.8 Å². The Kier molecular flexibility index (Phi) is 4.76. The van der Waals surface area contributed by atoms with E-state index in [1.807, 2.05) is 25.1 Å². The number of aliphatic hydroxyl groups excluding tert-OH is 1. The van der Waals surface area contributed by atoms with Crippen LogP contribution in [-0.2, 0) is 6.42 Å². The molecule has 0 saturated heterocycles. The zero-order chi connectivity index (χ0) is 14.0. The monoisotopic (exact) mass is 386 g/mol. The lowest BCUT2D eigenvalue weighted by Gasteiger charge is -2.15. The first-order chi connectivity index (χ1) is 8.99. The van der Waals surface area contributed by atoms with Gasteiger partial charge in [-0.25, -0.2) is 4.39 Å². The lowest BCUT2D eigenvalue weighted by Crippen LogP contribution is -2.04. The quantitative estimate of drug-likeness (QED) is 0.791. The highest BCUT2D eigenvalue weighted by Crippen LogP contribution is 2.30. The molecular formula is C15H13Br2FO. The van der Waals surface area contributed by atoms with Crippen LogP contribution in [0.3, 0.4) is 0 Å². The van der Waals surface area contributed by atoms with Crippen molar-refractivity contribution in [3.8, 4) is 0 Å². The van der Waals surface area contributed by atoms with Crippen LogP contribution in [0.5, 0.6) is 0 Å². The van der Waals surface area contributed by atoms with Crippen molar-refractivity contribution in [3.05, 3.63) is 67.9 Å². The molecule has 0 aromatic heterocycles. The van der Waals surface area contributed by atoms with E-state index >= 15 is 0 Å². The Labute approximate surface area is 128 Å². The number of hydrogen-bond donors (Lipinski definition) is 1. The van der Waals surface area contributed by atoms with E-state index in [9.17, 15) is 9.50 Å². The lowest BCUT2D eigenvalue weighted by atomic mass is 10.00. The molecule has 1 unspecified atom stereocenters. The molecule has 0 aliphatic carbocycles. The fourth-order valence-corrected chi connectivity index (χ4v) is 2.88. The summed E-state index contributed by atoms with van der Waals surface area (Å²) in [6.07, 6.45) is -0.312. The normalized spacial score (nSPS) is 12.5. The van der Waals surface area contributed by atoms with Crippen LogP contribution in [0.15, 0.2) is 45.3 Å². The van der Waals surface area contributed by atoms with Gasteiger partial charge in [0.2, 0.25) is 0 Å². The van der Waals surface area contributed by atoms with E-state index in [2.05, 4.69) is 31.9 Å². The molecule has 0 aliphatic rings. The molecule has 1 N–H and O–H groups in total. The molecular weight excluding hydrogens is 375 g/mol. The van der Waals surface area contributed by atoms with Crippen molar-refractivity contribution >= 4 is 31.9 Å². The van der Waals surface area contributed by atoms with Gasteiger partial charge in [-0.15, -0.1) is 0 Å². The maximum absolute atomic E-state index is 13.4. The van der Waals surface area contributed by atoms with Gasteiger partial charge in [-0.05, 0) is 46.1 Å². The Morgan fingerprint density at radius 3 is 2.68 bits per heavy atom. The van der Waals surface area contributed by atoms with Crippen LogP contribution in [0, 0.1) is 12.7 Å². The smallest absolute Gasteiger partial charge is 0.137 e. The van der Waals surface area contributed by atoms with Crippen molar-refractivity contribution < 1.29 is 9.50 Å². The van der Waals surface area contributed by atoms with Crippen LogP contribution >= 0.6 is 31.9 Å². The average Bonchev–Trinajstić information content (AvgIpc) is 2.38. The second kappa shape index (κ2) is 6.16. The molecule has 1 nitrogen and oxygen atoms in total. The topological polar surface area (TPSA) is 20.2 Å². The fourth-order valence-electron chi connectivity index (χ4n) is 1.94. The predicted octanol–water partition coefficient (Wildman–Crippen LogP) is 4.94. The summed E-state index contributed by atoms with van der Waals surface area (Å²) in [7, 11) is 0. The largest absolute Gasteiger partial charge is 0.388 e. The Balaban J connectivity index is 2.28. The molecule has 0 radical (unpaired) electrons. The minimum absolute atomic E-state index is 0.312. The standard InChI is InChI=1S/C15H13Br2FO/c1-9-5-6-12(16)11(7-9)14(19)8-10-3-2-4-13(18)15(10)17/h2-7,14,19H,8H2,1H3. The third-order valence-electron chi connectivity index (χ3n) is 2.96. The minimum atomic E-state index is -0.674. The van der Waals surface area contributed by atoms with E-state index in [1.54, 1.807) is 12.1 Å². The molecule has 0 heterocycles. The molecule has 100 valence electrons. The summed E-state index contributed by atoms with van der Waals surface area (Å²) in [5, 5.41) is 10.3. The predicted molar refractivity (Wildman–Crippen MR) is 81.6 cm³/mol. The van der Waals surface area contributed by atoms with Crippen molar-refractivity contribution in [2.24, 2.45) is 0 Å². The van der Waals surface area contributed by atoms with Gasteiger partial charge >= 0.3 is 0 Å². The molecule has 2 aromatic rings. The van der Waals surface area contributed by atoms with Gasteiger partial charge in [0.1, 0.15) is 5.82 Å². The van der Waals surface area contributed by atoms with Gasteiger partial charge in [0.15, 0.2) is 0 Å². The van der Waals surface area contributed by atoms with Crippen LogP contribution in [0.25, 0.3) is 0 Å². The van der Waals surface area contributed by atoms with Crippen LogP contribution in [-0.4, -0.2) is 5.11 Å². The summed E-state index contributed by atoms with van der Waals surface area (Å²) in [5.41, 5.74) is 2.65. The molecule has 0 spiro atoms. The molecule has 19 heavy (non-hydrogen) atoms.